The molecule has 0 saturated heterocycles. The fourth-order valence-electron chi connectivity index (χ4n) is 2.01. The Morgan fingerprint density at radius 1 is 1.50 bits per heavy atom. The molecule has 1 aliphatic heterocycles. The minimum Gasteiger partial charge on any atom is -0.394 e. The molecule has 4 heteroatoms. The van der Waals surface area contributed by atoms with E-state index in [1.807, 2.05) is 32.0 Å². The number of aliphatic hydroxyl groups is 1. The molecular formula is C14H20N2O2. The van der Waals surface area contributed by atoms with E-state index in [1.54, 1.807) is 11.9 Å². The molecule has 18 heavy (non-hydrogen) atoms. The van der Waals surface area contributed by atoms with Crippen LogP contribution in [0.5, 0.6) is 0 Å². The molecule has 0 bridgehead atoms. The molecule has 0 unspecified atom stereocenters. The molecule has 0 aliphatic carbocycles. The molecule has 0 aromatic heterocycles. The first-order valence-electron chi connectivity index (χ1n) is 6.21. The summed E-state index contributed by atoms with van der Waals surface area (Å²) in [7, 11) is 1.73. The molecule has 0 atom stereocenters. The molecule has 0 spiro atoms. The number of carbonyl (C=O) groups is 1. The van der Waals surface area contributed by atoms with Gasteiger partial charge in [0, 0.05) is 24.8 Å². The highest BCUT2D eigenvalue weighted by Gasteiger charge is 2.28. The van der Waals surface area contributed by atoms with Crippen LogP contribution in [-0.4, -0.2) is 41.7 Å². The first kappa shape index (κ1) is 12.9. The quantitative estimate of drug-likeness (QED) is 0.852. The summed E-state index contributed by atoms with van der Waals surface area (Å²) in [6.07, 6.45) is 0.962. The van der Waals surface area contributed by atoms with E-state index in [4.69, 9.17) is 0 Å². The second kappa shape index (κ2) is 4.61. The summed E-state index contributed by atoms with van der Waals surface area (Å²) < 4.78 is 0. The van der Waals surface area contributed by atoms with Crippen LogP contribution in [0.2, 0.25) is 0 Å². The van der Waals surface area contributed by atoms with Crippen molar-refractivity contribution >= 4 is 11.6 Å². The normalized spacial score (nSPS) is 14.0. The van der Waals surface area contributed by atoms with E-state index in [0.29, 0.717) is 5.56 Å². The van der Waals surface area contributed by atoms with E-state index in [2.05, 4.69) is 5.32 Å². The lowest BCUT2D eigenvalue weighted by Crippen LogP contribution is -2.47. The molecule has 98 valence electrons. The molecule has 2 N–H and O–H groups in total. The molecule has 1 amide bonds. The van der Waals surface area contributed by atoms with Crippen LogP contribution >= 0.6 is 0 Å². The fraction of sp³-hybridized carbons (Fsp3) is 0.500. The number of aliphatic hydroxyl groups excluding tert-OH is 1. The Morgan fingerprint density at radius 2 is 2.22 bits per heavy atom. The molecule has 1 aromatic rings. The summed E-state index contributed by atoms with van der Waals surface area (Å²) in [5, 5.41) is 12.6. The van der Waals surface area contributed by atoms with Crippen molar-refractivity contribution in [1.29, 1.82) is 0 Å². The van der Waals surface area contributed by atoms with Crippen molar-refractivity contribution in [2.24, 2.45) is 0 Å². The van der Waals surface area contributed by atoms with Crippen LogP contribution in [0, 0.1) is 0 Å². The Kier molecular flexibility index (Phi) is 3.30. The number of carbonyl (C=O) groups excluding carboxylic acids is 1. The Hall–Kier alpha value is -1.55. The minimum atomic E-state index is -0.547. The van der Waals surface area contributed by atoms with E-state index < -0.39 is 5.54 Å². The number of nitrogens with one attached hydrogen (secondary N) is 1. The van der Waals surface area contributed by atoms with Gasteiger partial charge >= 0.3 is 0 Å². The smallest absolute Gasteiger partial charge is 0.254 e. The van der Waals surface area contributed by atoms with E-state index in [-0.39, 0.29) is 12.5 Å². The van der Waals surface area contributed by atoms with Crippen molar-refractivity contribution in [2.45, 2.75) is 25.8 Å². The first-order chi connectivity index (χ1) is 8.45. The average Bonchev–Trinajstić information content (AvgIpc) is 2.84. The van der Waals surface area contributed by atoms with Gasteiger partial charge in [-0.15, -0.1) is 0 Å². The largest absolute Gasteiger partial charge is 0.394 e. The maximum atomic E-state index is 12.3. The van der Waals surface area contributed by atoms with E-state index in [1.165, 1.54) is 5.56 Å². The van der Waals surface area contributed by atoms with Gasteiger partial charge in [0.1, 0.15) is 0 Å². The van der Waals surface area contributed by atoms with Crippen molar-refractivity contribution in [3.8, 4) is 0 Å². The maximum absolute atomic E-state index is 12.3. The number of rotatable bonds is 3. The molecule has 1 heterocycles. The van der Waals surface area contributed by atoms with Gasteiger partial charge in [-0.2, -0.15) is 0 Å². The molecule has 4 nitrogen and oxygen atoms in total. The summed E-state index contributed by atoms with van der Waals surface area (Å²) in [5.74, 6) is -0.0521. The van der Waals surface area contributed by atoms with Crippen LogP contribution in [0.15, 0.2) is 18.2 Å². The number of nitrogens with zero attached hydrogens (tertiary/aromatic N) is 1. The van der Waals surface area contributed by atoms with Crippen LogP contribution in [0.3, 0.4) is 0 Å². The fourth-order valence-corrected chi connectivity index (χ4v) is 2.01. The highest BCUT2D eigenvalue weighted by Crippen LogP contribution is 2.24. The van der Waals surface area contributed by atoms with Crippen molar-refractivity contribution in [1.82, 2.24) is 4.90 Å². The number of fused-ring (bicyclic) bond motifs is 1. The van der Waals surface area contributed by atoms with Crippen molar-refractivity contribution in [3.05, 3.63) is 29.3 Å². The Balaban J connectivity index is 2.24. The van der Waals surface area contributed by atoms with Gasteiger partial charge in [0.2, 0.25) is 0 Å². The standard InChI is InChI=1S/C14H20N2O2/c1-14(2,9-17)16(3)13(18)11-4-5-12-10(8-11)6-7-15-12/h4-5,8,15,17H,6-7,9H2,1-3H3. The highest BCUT2D eigenvalue weighted by atomic mass is 16.3. The van der Waals surface area contributed by atoms with Gasteiger partial charge in [-0.05, 0) is 44.0 Å². The number of benzene rings is 1. The van der Waals surface area contributed by atoms with Gasteiger partial charge in [-0.1, -0.05) is 0 Å². The average molecular weight is 248 g/mol. The number of hydrogen-bond donors (Lipinski definition) is 2. The third kappa shape index (κ3) is 2.20. The monoisotopic (exact) mass is 248 g/mol. The zero-order chi connectivity index (χ0) is 13.3. The summed E-state index contributed by atoms with van der Waals surface area (Å²) in [4.78, 5) is 13.9. The van der Waals surface area contributed by atoms with E-state index in [0.717, 1.165) is 18.7 Å². The molecular weight excluding hydrogens is 228 g/mol. The molecule has 0 radical (unpaired) electrons. The van der Waals surface area contributed by atoms with Gasteiger partial charge < -0.3 is 15.3 Å². The first-order valence-corrected chi connectivity index (χ1v) is 6.21. The lowest BCUT2D eigenvalue weighted by molar-refractivity contribution is 0.0473. The number of likely N-dealkylation sites (N-methyl/N-ethyl adjacent to an activating group) is 1. The highest BCUT2D eigenvalue weighted by molar-refractivity contribution is 5.95. The summed E-state index contributed by atoms with van der Waals surface area (Å²) >= 11 is 0. The third-order valence-corrected chi connectivity index (χ3v) is 3.66. The Labute approximate surface area is 108 Å². The number of amides is 1. The van der Waals surface area contributed by atoms with Crippen LogP contribution in [0.25, 0.3) is 0 Å². The van der Waals surface area contributed by atoms with Crippen molar-refractivity contribution in [3.63, 3.8) is 0 Å². The molecule has 2 rings (SSSR count). The second-order valence-corrected chi connectivity index (χ2v) is 5.38. The summed E-state index contributed by atoms with van der Waals surface area (Å²) in [6.45, 7) is 4.58. The van der Waals surface area contributed by atoms with Crippen LogP contribution < -0.4 is 5.32 Å². The van der Waals surface area contributed by atoms with Gasteiger partial charge in [0.15, 0.2) is 0 Å². The lowest BCUT2D eigenvalue weighted by atomic mass is 10.0. The zero-order valence-electron chi connectivity index (χ0n) is 11.2. The van der Waals surface area contributed by atoms with E-state index in [9.17, 15) is 9.90 Å². The van der Waals surface area contributed by atoms with Gasteiger partial charge in [0.05, 0.1) is 12.1 Å². The Bertz CT molecular complexity index is 469. The summed E-state index contributed by atoms with van der Waals surface area (Å²) in [5.41, 5.74) is 2.45. The zero-order valence-corrected chi connectivity index (χ0v) is 11.2. The molecule has 1 aromatic carbocycles. The van der Waals surface area contributed by atoms with Gasteiger partial charge in [0.25, 0.3) is 5.91 Å². The molecule has 1 aliphatic rings. The predicted molar refractivity (Wildman–Crippen MR) is 71.9 cm³/mol. The predicted octanol–water partition coefficient (Wildman–Crippen LogP) is 1.50. The summed E-state index contributed by atoms with van der Waals surface area (Å²) in [6, 6.07) is 5.74. The maximum Gasteiger partial charge on any atom is 0.254 e. The molecule has 0 fully saturated rings. The third-order valence-electron chi connectivity index (χ3n) is 3.66. The second-order valence-electron chi connectivity index (χ2n) is 5.38. The van der Waals surface area contributed by atoms with Crippen LogP contribution in [0.4, 0.5) is 5.69 Å². The lowest BCUT2D eigenvalue weighted by Gasteiger charge is -2.34. The van der Waals surface area contributed by atoms with Crippen LogP contribution in [0.1, 0.15) is 29.8 Å². The number of hydrogen-bond acceptors (Lipinski definition) is 3. The van der Waals surface area contributed by atoms with Gasteiger partial charge in [-0.3, -0.25) is 4.79 Å². The molecule has 0 saturated carbocycles. The van der Waals surface area contributed by atoms with Crippen LogP contribution in [-0.2, 0) is 6.42 Å². The number of anilines is 1. The SMILES string of the molecule is CN(C(=O)c1ccc2c(c1)CCN2)C(C)(C)CO. The minimum absolute atomic E-state index is 0.0521. The van der Waals surface area contributed by atoms with Gasteiger partial charge in [-0.25, -0.2) is 0 Å². The van der Waals surface area contributed by atoms with Crippen molar-refractivity contribution in [2.75, 3.05) is 25.5 Å². The Morgan fingerprint density at radius 3 is 2.89 bits per heavy atom. The van der Waals surface area contributed by atoms with E-state index >= 15 is 0 Å². The van der Waals surface area contributed by atoms with Crippen molar-refractivity contribution < 1.29 is 9.90 Å². The topological polar surface area (TPSA) is 52.6 Å².